The maximum Gasteiger partial charge on any atom is 0.239 e. The van der Waals surface area contributed by atoms with E-state index in [9.17, 15) is 4.79 Å². The van der Waals surface area contributed by atoms with Gasteiger partial charge in [-0.1, -0.05) is 45.8 Å². The van der Waals surface area contributed by atoms with Crippen LogP contribution in [-0.2, 0) is 11.3 Å². The molecule has 0 aliphatic rings. The fourth-order valence-electron chi connectivity index (χ4n) is 1.73. The van der Waals surface area contributed by atoms with E-state index in [1.54, 1.807) is 0 Å². The van der Waals surface area contributed by atoms with E-state index in [1.807, 2.05) is 31.7 Å². The van der Waals surface area contributed by atoms with E-state index >= 15 is 0 Å². The van der Waals surface area contributed by atoms with E-state index in [2.05, 4.69) is 41.1 Å². The summed E-state index contributed by atoms with van der Waals surface area (Å²) in [6, 6.07) is 8.28. The first-order valence-electron chi connectivity index (χ1n) is 5.88. The highest BCUT2D eigenvalue weighted by Gasteiger charge is 2.28. The zero-order valence-corrected chi connectivity index (χ0v) is 12.5. The van der Waals surface area contributed by atoms with Gasteiger partial charge in [-0.2, -0.15) is 0 Å². The zero-order chi connectivity index (χ0) is 13.1. The molecular weight excluding hydrogens is 278 g/mol. The Balaban J connectivity index is 2.81. The van der Waals surface area contributed by atoms with Crippen LogP contribution < -0.4 is 0 Å². The first kappa shape index (κ1) is 14.2. The van der Waals surface area contributed by atoms with Gasteiger partial charge in [-0.15, -0.1) is 0 Å². The molecule has 0 heterocycles. The summed E-state index contributed by atoms with van der Waals surface area (Å²) in [4.78, 5) is 14.0. The summed E-state index contributed by atoms with van der Waals surface area (Å²) >= 11 is 3.42. The highest BCUT2D eigenvalue weighted by Crippen LogP contribution is 2.20. The van der Waals surface area contributed by atoms with Gasteiger partial charge >= 0.3 is 0 Å². The number of carbonyl (C=O) groups excluding carboxylic acids is 1. The van der Waals surface area contributed by atoms with E-state index in [0.717, 1.165) is 6.54 Å². The molecule has 0 saturated carbocycles. The smallest absolute Gasteiger partial charge is 0.239 e. The number of rotatable bonds is 4. The van der Waals surface area contributed by atoms with Crippen molar-refractivity contribution in [1.29, 1.82) is 0 Å². The molecule has 0 aromatic heterocycles. The van der Waals surface area contributed by atoms with E-state index in [4.69, 9.17) is 0 Å². The lowest BCUT2D eigenvalue weighted by Crippen LogP contribution is -2.41. The van der Waals surface area contributed by atoms with Gasteiger partial charge in [0.25, 0.3) is 0 Å². The largest absolute Gasteiger partial charge is 0.337 e. The minimum atomic E-state index is -0.493. The number of nitrogens with zero attached hydrogens (tertiary/aromatic N) is 1. The number of amides is 1. The Kier molecular flexibility index (Phi) is 4.75. The third-order valence-electron chi connectivity index (χ3n) is 2.63. The Morgan fingerprint density at radius 3 is 2.53 bits per heavy atom. The predicted molar refractivity (Wildman–Crippen MR) is 75.3 cm³/mol. The van der Waals surface area contributed by atoms with E-state index in [1.165, 1.54) is 11.1 Å². The number of aryl methyl sites for hydroxylation is 1. The molecule has 0 radical (unpaired) electrons. The van der Waals surface area contributed by atoms with Crippen molar-refractivity contribution in [2.45, 2.75) is 38.6 Å². The number of carbonyl (C=O) groups is 1. The van der Waals surface area contributed by atoms with Gasteiger partial charge in [0, 0.05) is 13.1 Å². The first-order valence-corrected chi connectivity index (χ1v) is 6.67. The molecule has 0 spiro atoms. The molecule has 0 fully saturated rings. The van der Waals surface area contributed by atoms with Gasteiger partial charge in [-0.05, 0) is 33.3 Å². The van der Waals surface area contributed by atoms with Gasteiger partial charge in [0.1, 0.15) is 0 Å². The molecule has 94 valence electrons. The maximum absolute atomic E-state index is 12.2. The van der Waals surface area contributed by atoms with Crippen molar-refractivity contribution in [3.05, 3.63) is 35.4 Å². The van der Waals surface area contributed by atoms with Gasteiger partial charge in [0.05, 0.1) is 4.32 Å². The molecule has 0 aliphatic carbocycles. The van der Waals surface area contributed by atoms with Gasteiger partial charge in [-0.3, -0.25) is 4.79 Å². The first-order chi connectivity index (χ1) is 7.84. The second-order valence-corrected chi connectivity index (χ2v) is 6.76. The molecule has 1 amide bonds. The summed E-state index contributed by atoms with van der Waals surface area (Å²) in [6.45, 7) is 9.23. The lowest BCUT2D eigenvalue weighted by atomic mass is 10.1. The third-order valence-corrected chi connectivity index (χ3v) is 2.97. The van der Waals surface area contributed by atoms with Gasteiger partial charge in [-0.25, -0.2) is 0 Å². The Hall–Kier alpha value is -0.830. The quantitative estimate of drug-likeness (QED) is 0.779. The third kappa shape index (κ3) is 4.15. The van der Waals surface area contributed by atoms with Crippen molar-refractivity contribution in [2.75, 3.05) is 6.54 Å². The van der Waals surface area contributed by atoms with Crippen LogP contribution in [-0.4, -0.2) is 21.7 Å². The van der Waals surface area contributed by atoms with E-state index in [0.29, 0.717) is 6.54 Å². The van der Waals surface area contributed by atoms with Crippen LogP contribution in [0.1, 0.15) is 31.9 Å². The van der Waals surface area contributed by atoms with Gasteiger partial charge in [0.15, 0.2) is 0 Å². The second kappa shape index (κ2) is 5.67. The molecule has 1 aromatic rings. The summed E-state index contributed by atoms with van der Waals surface area (Å²) < 4.78 is -0.493. The number of benzene rings is 1. The SMILES string of the molecule is CCN(Cc1cccc(C)c1)C(=O)C(C)(C)Br. The van der Waals surface area contributed by atoms with Crippen molar-refractivity contribution in [2.24, 2.45) is 0 Å². The second-order valence-electron chi connectivity index (χ2n) is 4.78. The van der Waals surface area contributed by atoms with Crippen molar-refractivity contribution in [3.63, 3.8) is 0 Å². The minimum Gasteiger partial charge on any atom is -0.337 e. The fraction of sp³-hybridized carbons (Fsp3) is 0.500. The van der Waals surface area contributed by atoms with Crippen LogP contribution in [0.15, 0.2) is 24.3 Å². The Morgan fingerprint density at radius 1 is 1.41 bits per heavy atom. The summed E-state index contributed by atoms with van der Waals surface area (Å²) in [5.74, 6) is 0.126. The molecule has 0 N–H and O–H groups in total. The Labute approximate surface area is 112 Å². The van der Waals surface area contributed by atoms with Crippen LogP contribution in [0.3, 0.4) is 0 Å². The highest BCUT2D eigenvalue weighted by molar-refractivity contribution is 9.10. The molecule has 1 aromatic carbocycles. The zero-order valence-electron chi connectivity index (χ0n) is 11.0. The summed E-state index contributed by atoms with van der Waals surface area (Å²) in [5, 5.41) is 0. The van der Waals surface area contributed by atoms with Crippen molar-refractivity contribution >= 4 is 21.8 Å². The number of hydrogen-bond donors (Lipinski definition) is 0. The molecule has 0 bridgehead atoms. The average Bonchev–Trinajstić information content (AvgIpc) is 2.24. The lowest BCUT2D eigenvalue weighted by Gasteiger charge is -2.27. The lowest BCUT2D eigenvalue weighted by molar-refractivity contribution is -0.133. The van der Waals surface area contributed by atoms with Crippen LogP contribution in [0.4, 0.5) is 0 Å². The van der Waals surface area contributed by atoms with Crippen LogP contribution in [0.5, 0.6) is 0 Å². The van der Waals surface area contributed by atoms with Crippen LogP contribution in [0.2, 0.25) is 0 Å². The molecule has 17 heavy (non-hydrogen) atoms. The predicted octanol–water partition coefficient (Wildman–Crippen LogP) is 3.52. The molecule has 2 nitrogen and oxygen atoms in total. The highest BCUT2D eigenvalue weighted by atomic mass is 79.9. The standard InChI is InChI=1S/C14H20BrNO/c1-5-16(13(17)14(3,4)15)10-12-8-6-7-11(2)9-12/h6-9H,5,10H2,1-4H3. The molecule has 0 unspecified atom stereocenters. The molecule has 0 atom stereocenters. The summed E-state index contributed by atoms with van der Waals surface area (Å²) in [5.41, 5.74) is 2.40. The minimum absolute atomic E-state index is 0.126. The van der Waals surface area contributed by atoms with Gasteiger partial charge in [0.2, 0.25) is 5.91 Å². The molecule has 0 aliphatic heterocycles. The Bertz CT molecular complexity index is 395. The molecule has 0 saturated heterocycles. The van der Waals surface area contributed by atoms with Crippen molar-refractivity contribution in [3.8, 4) is 0 Å². The van der Waals surface area contributed by atoms with Gasteiger partial charge < -0.3 is 4.90 Å². The van der Waals surface area contributed by atoms with Crippen molar-refractivity contribution in [1.82, 2.24) is 4.90 Å². The summed E-state index contributed by atoms with van der Waals surface area (Å²) in [7, 11) is 0. The fourth-order valence-corrected chi connectivity index (χ4v) is 1.98. The molecule has 3 heteroatoms. The van der Waals surface area contributed by atoms with Crippen LogP contribution >= 0.6 is 15.9 Å². The van der Waals surface area contributed by atoms with E-state index < -0.39 is 4.32 Å². The summed E-state index contributed by atoms with van der Waals surface area (Å²) in [6.07, 6.45) is 0. The topological polar surface area (TPSA) is 20.3 Å². The van der Waals surface area contributed by atoms with Crippen molar-refractivity contribution < 1.29 is 4.79 Å². The maximum atomic E-state index is 12.2. The van der Waals surface area contributed by atoms with Crippen LogP contribution in [0, 0.1) is 6.92 Å². The number of alkyl halides is 1. The molecular formula is C14H20BrNO. The number of halogens is 1. The normalized spacial score (nSPS) is 11.4. The van der Waals surface area contributed by atoms with Crippen LogP contribution in [0.25, 0.3) is 0 Å². The van der Waals surface area contributed by atoms with E-state index in [-0.39, 0.29) is 5.91 Å². The monoisotopic (exact) mass is 297 g/mol. The Morgan fingerprint density at radius 2 is 2.06 bits per heavy atom. The number of hydrogen-bond acceptors (Lipinski definition) is 1. The molecule has 1 rings (SSSR count). The average molecular weight is 298 g/mol.